The Morgan fingerprint density at radius 3 is 2.08 bits per heavy atom. The van der Waals surface area contributed by atoms with Crippen LogP contribution in [0.1, 0.15) is 62.1 Å². The van der Waals surface area contributed by atoms with E-state index in [1.54, 1.807) is 53.4 Å². The summed E-state index contributed by atoms with van der Waals surface area (Å²) < 4.78 is 35.6. The third-order valence-corrected chi connectivity index (χ3v) is 10.7. The number of nitrogens with one attached hydrogen (secondary N) is 1. The van der Waals surface area contributed by atoms with Gasteiger partial charge < -0.3 is 15.0 Å². The molecule has 48 heavy (non-hydrogen) atoms. The highest BCUT2D eigenvalue weighted by molar-refractivity contribution is 7.92. The van der Waals surface area contributed by atoms with E-state index in [4.69, 9.17) is 4.74 Å². The molecule has 1 aliphatic carbocycles. The quantitative estimate of drug-likeness (QED) is 0.159. The highest BCUT2D eigenvalue weighted by Gasteiger charge is 2.34. The van der Waals surface area contributed by atoms with Crippen molar-refractivity contribution in [2.24, 2.45) is 0 Å². The van der Waals surface area contributed by atoms with Crippen molar-refractivity contribution in [3.8, 4) is 11.5 Å². The molecule has 0 aliphatic heterocycles. The first-order valence-electron chi connectivity index (χ1n) is 16.7. The fourth-order valence-corrected chi connectivity index (χ4v) is 7.52. The molecule has 4 aromatic carbocycles. The zero-order chi connectivity index (χ0) is 34.1. The first kappa shape index (κ1) is 34.7. The summed E-state index contributed by atoms with van der Waals surface area (Å²) in [6.45, 7) is 5.41. The predicted octanol–water partition coefficient (Wildman–Crippen LogP) is 7.55. The van der Waals surface area contributed by atoms with Crippen LogP contribution in [0.3, 0.4) is 0 Å². The van der Waals surface area contributed by atoms with Gasteiger partial charge in [0.15, 0.2) is 0 Å². The maximum Gasteiger partial charge on any atom is 0.264 e. The second-order valence-corrected chi connectivity index (χ2v) is 14.3. The number of nitrogens with zero attached hydrogens (tertiary/aromatic N) is 2. The highest BCUT2D eigenvalue weighted by Crippen LogP contribution is 2.29. The molecule has 0 spiro atoms. The van der Waals surface area contributed by atoms with Crippen molar-refractivity contribution in [3.05, 3.63) is 120 Å². The second-order valence-electron chi connectivity index (χ2n) is 12.4. The Morgan fingerprint density at radius 1 is 0.812 bits per heavy atom. The maximum absolute atomic E-state index is 14.5. The number of amides is 2. The number of para-hydroxylation sites is 1. The summed E-state index contributed by atoms with van der Waals surface area (Å²) >= 11 is 0. The van der Waals surface area contributed by atoms with Crippen molar-refractivity contribution in [1.82, 2.24) is 10.2 Å². The van der Waals surface area contributed by atoms with Crippen LogP contribution in [0.15, 0.2) is 108 Å². The van der Waals surface area contributed by atoms with Gasteiger partial charge >= 0.3 is 0 Å². The Labute approximate surface area is 284 Å². The van der Waals surface area contributed by atoms with E-state index in [0.717, 1.165) is 53.1 Å². The van der Waals surface area contributed by atoms with Crippen LogP contribution in [-0.2, 0) is 26.2 Å². The first-order valence-corrected chi connectivity index (χ1v) is 18.2. The number of hydrogen-bond acceptors (Lipinski definition) is 5. The molecule has 4 aromatic rings. The molecule has 1 fully saturated rings. The summed E-state index contributed by atoms with van der Waals surface area (Å²) in [6, 6.07) is 29.5. The van der Waals surface area contributed by atoms with Crippen LogP contribution >= 0.6 is 0 Å². The summed E-state index contributed by atoms with van der Waals surface area (Å²) in [6.07, 6.45) is 5.50. The van der Waals surface area contributed by atoms with Gasteiger partial charge in [-0.15, -0.1) is 0 Å². The SMILES string of the molecule is CC[C@H](C(=O)NC1CCCCC1)N(Cc1ccccc1C)C(=O)CN(c1ccc(Oc2ccccc2)cc1)S(=O)(=O)c1ccc(C)cc1. The van der Waals surface area contributed by atoms with Gasteiger partial charge in [0.1, 0.15) is 24.1 Å². The van der Waals surface area contributed by atoms with Crippen LogP contribution in [0.5, 0.6) is 11.5 Å². The van der Waals surface area contributed by atoms with Gasteiger partial charge in [0.2, 0.25) is 11.8 Å². The van der Waals surface area contributed by atoms with Crippen molar-refractivity contribution in [1.29, 1.82) is 0 Å². The molecule has 0 saturated heterocycles. The normalized spacial score (nSPS) is 14.1. The smallest absolute Gasteiger partial charge is 0.264 e. The van der Waals surface area contributed by atoms with Gasteiger partial charge in [-0.2, -0.15) is 0 Å². The van der Waals surface area contributed by atoms with Crippen molar-refractivity contribution >= 4 is 27.5 Å². The molecule has 8 nitrogen and oxygen atoms in total. The van der Waals surface area contributed by atoms with E-state index >= 15 is 0 Å². The van der Waals surface area contributed by atoms with Crippen LogP contribution in [0.4, 0.5) is 5.69 Å². The molecule has 0 aromatic heterocycles. The van der Waals surface area contributed by atoms with Gasteiger partial charge in [0.25, 0.3) is 10.0 Å². The van der Waals surface area contributed by atoms with E-state index < -0.39 is 28.5 Å². The number of carbonyl (C=O) groups is 2. The topological polar surface area (TPSA) is 96.0 Å². The van der Waals surface area contributed by atoms with Crippen molar-refractivity contribution in [3.63, 3.8) is 0 Å². The second kappa shape index (κ2) is 16.0. The molecule has 1 aliphatic rings. The molecule has 1 atom stereocenters. The van der Waals surface area contributed by atoms with Crippen LogP contribution in [0.25, 0.3) is 0 Å². The molecular weight excluding hydrogens is 623 g/mol. The minimum atomic E-state index is -4.18. The zero-order valence-corrected chi connectivity index (χ0v) is 28.8. The minimum absolute atomic E-state index is 0.0676. The molecule has 9 heteroatoms. The molecule has 0 radical (unpaired) electrons. The van der Waals surface area contributed by atoms with Crippen molar-refractivity contribution in [2.45, 2.75) is 82.8 Å². The van der Waals surface area contributed by atoms with E-state index in [0.29, 0.717) is 23.6 Å². The molecule has 0 unspecified atom stereocenters. The molecular formula is C39H45N3O5S. The largest absolute Gasteiger partial charge is 0.457 e. The Morgan fingerprint density at radius 2 is 1.44 bits per heavy atom. The Balaban J connectivity index is 1.49. The number of hydrogen-bond donors (Lipinski definition) is 1. The van der Waals surface area contributed by atoms with Crippen LogP contribution < -0.4 is 14.4 Å². The Kier molecular flexibility index (Phi) is 11.5. The summed E-state index contributed by atoms with van der Waals surface area (Å²) in [7, 11) is -4.18. The summed E-state index contributed by atoms with van der Waals surface area (Å²) in [5, 5.41) is 3.20. The highest BCUT2D eigenvalue weighted by atomic mass is 32.2. The Hall–Kier alpha value is -4.63. The fraction of sp³-hybridized carbons (Fsp3) is 0.333. The van der Waals surface area contributed by atoms with E-state index in [9.17, 15) is 18.0 Å². The van der Waals surface area contributed by atoms with Gasteiger partial charge in [-0.3, -0.25) is 13.9 Å². The predicted molar refractivity (Wildman–Crippen MR) is 189 cm³/mol. The molecule has 1 saturated carbocycles. The van der Waals surface area contributed by atoms with Crippen LogP contribution in [-0.4, -0.2) is 43.8 Å². The number of benzene rings is 4. The number of ether oxygens (including phenoxy) is 1. The van der Waals surface area contributed by atoms with E-state index in [2.05, 4.69) is 5.32 Å². The first-order chi connectivity index (χ1) is 23.2. The molecule has 5 rings (SSSR count). The Bertz CT molecular complexity index is 1770. The molecule has 0 heterocycles. The monoisotopic (exact) mass is 667 g/mol. The van der Waals surface area contributed by atoms with E-state index in [-0.39, 0.29) is 23.4 Å². The number of rotatable bonds is 13. The lowest BCUT2D eigenvalue weighted by Crippen LogP contribution is -2.54. The average Bonchev–Trinajstić information content (AvgIpc) is 3.09. The standard InChI is InChI=1S/C39H45N3O5S/c1-4-37(39(44)40-32-15-7-5-8-16-32)41(27-31-14-12-11-13-30(31)3)38(43)28-42(48(45,46)36-25-19-29(2)20-26-36)33-21-23-35(24-22-33)47-34-17-9-6-10-18-34/h6,9-14,17-26,32,37H,4-5,7-8,15-16,27-28H2,1-3H3,(H,40,44)/t37-/m1/s1. The zero-order valence-electron chi connectivity index (χ0n) is 28.0. The van der Waals surface area contributed by atoms with Gasteiger partial charge in [-0.1, -0.05) is 86.3 Å². The van der Waals surface area contributed by atoms with Crippen LogP contribution in [0, 0.1) is 13.8 Å². The maximum atomic E-state index is 14.5. The summed E-state index contributed by atoms with van der Waals surface area (Å²) in [5.74, 6) is 0.495. The molecule has 252 valence electrons. The summed E-state index contributed by atoms with van der Waals surface area (Å²) in [4.78, 5) is 29.9. The van der Waals surface area contributed by atoms with Crippen LogP contribution in [0.2, 0.25) is 0 Å². The van der Waals surface area contributed by atoms with E-state index in [1.165, 1.54) is 0 Å². The molecule has 2 amide bonds. The number of aryl methyl sites for hydroxylation is 2. The van der Waals surface area contributed by atoms with Crippen molar-refractivity contribution < 1.29 is 22.7 Å². The molecule has 1 N–H and O–H groups in total. The van der Waals surface area contributed by atoms with Gasteiger partial charge in [-0.25, -0.2) is 8.42 Å². The molecule has 0 bridgehead atoms. The van der Waals surface area contributed by atoms with E-state index in [1.807, 2.05) is 75.4 Å². The van der Waals surface area contributed by atoms with Gasteiger partial charge in [0, 0.05) is 12.6 Å². The minimum Gasteiger partial charge on any atom is -0.457 e. The number of anilines is 1. The average molecular weight is 668 g/mol. The van der Waals surface area contributed by atoms with Gasteiger partial charge in [-0.05, 0) is 92.8 Å². The van der Waals surface area contributed by atoms with Gasteiger partial charge in [0.05, 0.1) is 10.6 Å². The lowest BCUT2D eigenvalue weighted by atomic mass is 9.95. The number of carbonyl (C=O) groups excluding carboxylic acids is 2. The fourth-order valence-electron chi connectivity index (χ4n) is 6.11. The lowest BCUT2D eigenvalue weighted by molar-refractivity contribution is -0.140. The third-order valence-electron chi connectivity index (χ3n) is 8.93. The third kappa shape index (κ3) is 8.63. The van der Waals surface area contributed by atoms with Crippen molar-refractivity contribution in [2.75, 3.05) is 10.8 Å². The summed E-state index contributed by atoms with van der Waals surface area (Å²) in [5.41, 5.74) is 3.10. The lowest BCUT2D eigenvalue weighted by Gasteiger charge is -2.34. The number of sulfonamides is 1.